The Bertz CT molecular complexity index is 679. The average Bonchev–Trinajstić information content (AvgIpc) is 2.51. The van der Waals surface area contributed by atoms with Crippen molar-refractivity contribution in [3.63, 3.8) is 0 Å². The SMILES string of the molecule is Cc1cc(N2CCN(C)CC2)nc(Nc2c(Cl)cccc2Cl)n1. The normalized spacial score (nSPS) is 15.7. The van der Waals surface area contributed by atoms with Crippen molar-refractivity contribution in [2.24, 2.45) is 0 Å². The summed E-state index contributed by atoms with van der Waals surface area (Å²) in [5, 5.41) is 4.24. The van der Waals surface area contributed by atoms with Crippen LogP contribution in [-0.4, -0.2) is 48.1 Å². The van der Waals surface area contributed by atoms with Gasteiger partial charge < -0.3 is 15.1 Å². The molecule has 0 aliphatic carbocycles. The molecular formula is C16H19Cl2N5. The number of hydrogen-bond acceptors (Lipinski definition) is 5. The van der Waals surface area contributed by atoms with Crippen molar-refractivity contribution in [1.29, 1.82) is 0 Å². The summed E-state index contributed by atoms with van der Waals surface area (Å²) in [5.74, 6) is 1.44. The molecule has 2 aromatic rings. The Labute approximate surface area is 146 Å². The number of likely N-dealkylation sites (N-methyl/N-ethyl adjacent to an activating group) is 1. The van der Waals surface area contributed by atoms with Crippen LogP contribution in [0.25, 0.3) is 0 Å². The molecule has 5 nitrogen and oxygen atoms in total. The predicted molar refractivity (Wildman–Crippen MR) is 96.2 cm³/mol. The number of halogens is 2. The summed E-state index contributed by atoms with van der Waals surface area (Å²) < 4.78 is 0. The number of aryl methyl sites for hydroxylation is 1. The third kappa shape index (κ3) is 3.86. The highest BCUT2D eigenvalue weighted by molar-refractivity contribution is 6.39. The summed E-state index contributed by atoms with van der Waals surface area (Å²) in [6.07, 6.45) is 0. The lowest BCUT2D eigenvalue weighted by Gasteiger charge is -2.33. The Morgan fingerprint density at radius 1 is 1.04 bits per heavy atom. The fourth-order valence-corrected chi connectivity index (χ4v) is 3.03. The van der Waals surface area contributed by atoms with Gasteiger partial charge in [0.2, 0.25) is 5.95 Å². The van der Waals surface area contributed by atoms with E-state index in [2.05, 4.69) is 32.1 Å². The van der Waals surface area contributed by atoms with E-state index in [1.165, 1.54) is 0 Å². The molecule has 0 radical (unpaired) electrons. The number of piperazine rings is 1. The van der Waals surface area contributed by atoms with E-state index in [1.807, 2.05) is 19.1 Å². The summed E-state index contributed by atoms with van der Waals surface area (Å²) in [6, 6.07) is 7.38. The molecular weight excluding hydrogens is 333 g/mol. The molecule has 3 rings (SSSR count). The molecule has 1 aliphatic heterocycles. The highest BCUT2D eigenvalue weighted by Crippen LogP contribution is 2.32. The first-order valence-electron chi connectivity index (χ1n) is 7.53. The fraction of sp³-hybridized carbons (Fsp3) is 0.375. The molecule has 0 atom stereocenters. The van der Waals surface area contributed by atoms with Crippen LogP contribution in [0, 0.1) is 6.92 Å². The van der Waals surface area contributed by atoms with Crippen LogP contribution in [0.1, 0.15) is 5.69 Å². The van der Waals surface area contributed by atoms with Gasteiger partial charge >= 0.3 is 0 Å². The van der Waals surface area contributed by atoms with E-state index in [4.69, 9.17) is 23.2 Å². The van der Waals surface area contributed by atoms with Gasteiger partial charge in [-0.25, -0.2) is 4.98 Å². The third-order valence-electron chi connectivity index (χ3n) is 3.87. The number of nitrogens with one attached hydrogen (secondary N) is 1. The zero-order chi connectivity index (χ0) is 16.4. The van der Waals surface area contributed by atoms with Crippen molar-refractivity contribution < 1.29 is 0 Å². The van der Waals surface area contributed by atoms with Crippen molar-refractivity contribution in [2.45, 2.75) is 6.92 Å². The van der Waals surface area contributed by atoms with Gasteiger partial charge in [-0.1, -0.05) is 29.3 Å². The quantitative estimate of drug-likeness (QED) is 0.915. The molecule has 122 valence electrons. The van der Waals surface area contributed by atoms with Crippen LogP contribution in [-0.2, 0) is 0 Å². The number of para-hydroxylation sites is 1. The fourth-order valence-electron chi connectivity index (χ4n) is 2.53. The third-order valence-corrected chi connectivity index (χ3v) is 4.50. The van der Waals surface area contributed by atoms with Gasteiger partial charge in [-0.2, -0.15) is 4.98 Å². The number of rotatable bonds is 3. The summed E-state index contributed by atoms with van der Waals surface area (Å²) in [4.78, 5) is 13.7. The van der Waals surface area contributed by atoms with Gasteiger partial charge in [-0.3, -0.25) is 0 Å². The van der Waals surface area contributed by atoms with E-state index >= 15 is 0 Å². The lowest BCUT2D eigenvalue weighted by atomic mass is 10.3. The Kier molecular flexibility index (Phi) is 4.90. The smallest absolute Gasteiger partial charge is 0.229 e. The molecule has 1 saturated heterocycles. The average molecular weight is 352 g/mol. The Balaban J connectivity index is 1.86. The van der Waals surface area contributed by atoms with Crippen LogP contribution in [0.2, 0.25) is 10.0 Å². The molecule has 1 aromatic carbocycles. The summed E-state index contributed by atoms with van der Waals surface area (Å²) in [5.41, 5.74) is 1.53. The first-order valence-corrected chi connectivity index (χ1v) is 8.29. The first-order chi connectivity index (χ1) is 11.0. The Morgan fingerprint density at radius 2 is 1.70 bits per heavy atom. The maximum atomic E-state index is 6.21. The molecule has 0 spiro atoms. The minimum absolute atomic E-state index is 0.508. The molecule has 1 N–H and O–H groups in total. The van der Waals surface area contributed by atoms with Crippen LogP contribution in [0.3, 0.4) is 0 Å². The second-order valence-corrected chi connectivity index (χ2v) is 6.52. The van der Waals surface area contributed by atoms with Crippen molar-refractivity contribution in [2.75, 3.05) is 43.4 Å². The highest BCUT2D eigenvalue weighted by Gasteiger charge is 2.17. The van der Waals surface area contributed by atoms with Crippen molar-refractivity contribution in [3.8, 4) is 0 Å². The molecule has 7 heteroatoms. The highest BCUT2D eigenvalue weighted by atomic mass is 35.5. The summed E-state index contributed by atoms with van der Waals surface area (Å²) in [7, 11) is 2.13. The van der Waals surface area contributed by atoms with E-state index in [-0.39, 0.29) is 0 Å². The monoisotopic (exact) mass is 351 g/mol. The maximum Gasteiger partial charge on any atom is 0.229 e. The number of aromatic nitrogens is 2. The molecule has 0 unspecified atom stereocenters. The molecule has 1 fully saturated rings. The predicted octanol–water partition coefficient (Wildman–Crippen LogP) is 3.59. The van der Waals surface area contributed by atoms with E-state index in [0.717, 1.165) is 37.7 Å². The van der Waals surface area contributed by atoms with Crippen LogP contribution in [0.15, 0.2) is 24.3 Å². The van der Waals surface area contributed by atoms with E-state index in [0.29, 0.717) is 21.7 Å². The number of benzene rings is 1. The molecule has 0 amide bonds. The van der Waals surface area contributed by atoms with Gasteiger partial charge in [-0.05, 0) is 26.1 Å². The van der Waals surface area contributed by atoms with Crippen molar-refractivity contribution >= 4 is 40.7 Å². The molecule has 0 saturated carbocycles. The number of anilines is 3. The zero-order valence-corrected chi connectivity index (χ0v) is 14.7. The van der Waals surface area contributed by atoms with E-state index in [1.54, 1.807) is 12.1 Å². The maximum absolute atomic E-state index is 6.21. The van der Waals surface area contributed by atoms with Crippen LogP contribution < -0.4 is 10.2 Å². The van der Waals surface area contributed by atoms with Gasteiger partial charge in [0.25, 0.3) is 0 Å². The lowest BCUT2D eigenvalue weighted by Crippen LogP contribution is -2.44. The second-order valence-electron chi connectivity index (χ2n) is 5.70. The van der Waals surface area contributed by atoms with Crippen LogP contribution >= 0.6 is 23.2 Å². The second kappa shape index (κ2) is 6.91. The Morgan fingerprint density at radius 3 is 2.35 bits per heavy atom. The van der Waals surface area contributed by atoms with E-state index in [9.17, 15) is 0 Å². The molecule has 1 aromatic heterocycles. The largest absolute Gasteiger partial charge is 0.354 e. The minimum Gasteiger partial charge on any atom is -0.354 e. The van der Waals surface area contributed by atoms with Crippen molar-refractivity contribution in [1.82, 2.24) is 14.9 Å². The lowest BCUT2D eigenvalue weighted by molar-refractivity contribution is 0.312. The standard InChI is InChI=1S/C16H19Cl2N5/c1-11-10-14(23-8-6-22(2)7-9-23)20-16(19-11)21-15-12(17)4-3-5-13(15)18/h3-5,10H,6-9H2,1-2H3,(H,19,20,21). The van der Waals surface area contributed by atoms with Crippen LogP contribution in [0.5, 0.6) is 0 Å². The summed E-state index contributed by atoms with van der Waals surface area (Å²) >= 11 is 12.4. The molecule has 0 bridgehead atoms. The van der Waals surface area contributed by atoms with Gasteiger partial charge in [0, 0.05) is 37.9 Å². The molecule has 1 aliphatic rings. The first kappa shape index (κ1) is 16.3. The van der Waals surface area contributed by atoms with Crippen LogP contribution in [0.4, 0.5) is 17.5 Å². The van der Waals surface area contributed by atoms with Gasteiger partial charge in [0.15, 0.2) is 0 Å². The van der Waals surface area contributed by atoms with Crippen molar-refractivity contribution in [3.05, 3.63) is 40.0 Å². The number of nitrogens with zero attached hydrogens (tertiary/aromatic N) is 4. The summed E-state index contributed by atoms with van der Waals surface area (Å²) in [6.45, 7) is 5.93. The molecule has 23 heavy (non-hydrogen) atoms. The molecule has 2 heterocycles. The number of hydrogen-bond donors (Lipinski definition) is 1. The Hall–Kier alpha value is -1.56. The van der Waals surface area contributed by atoms with Gasteiger partial charge in [0.1, 0.15) is 5.82 Å². The van der Waals surface area contributed by atoms with Gasteiger partial charge in [-0.15, -0.1) is 0 Å². The zero-order valence-electron chi connectivity index (χ0n) is 13.2. The van der Waals surface area contributed by atoms with E-state index < -0.39 is 0 Å². The van der Waals surface area contributed by atoms with Gasteiger partial charge in [0.05, 0.1) is 15.7 Å². The topological polar surface area (TPSA) is 44.3 Å². The minimum atomic E-state index is 0.508.